The van der Waals surface area contributed by atoms with Gasteiger partial charge in [-0.25, -0.2) is 4.79 Å². The van der Waals surface area contributed by atoms with E-state index >= 15 is 0 Å². The first-order valence-corrected chi connectivity index (χ1v) is 4.64. The molecule has 4 heteroatoms. The Kier molecular flexibility index (Phi) is 7.63. The van der Waals surface area contributed by atoms with Gasteiger partial charge in [-0.2, -0.15) is 0 Å². The molecule has 0 aromatic carbocycles. The van der Waals surface area contributed by atoms with E-state index in [4.69, 9.17) is 14.9 Å². The van der Waals surface area contributed by atoms with Crippen molar-refractivity contribution >= 4 is 5.97 Å². The van der Waals surface area contributed by atoms with Crippen LogP contribution in [0.1, 0.15) is 32.6 Å². The minimum absolute atomic E-state index is 0.216. The lowest BCUT2D eigenvalue weighted by molar-refractivity contribution is -0.152. The summed E-state index contributed by atoms with van der Waals surface area (Å²) in [5.74, 6) is -0.567. The van der Waals surface area contributed by atoms with Crippen LogP contribution in [0.3, 0.4) is 0 Å². The van der Waals surface area contributed by atoms with Gasteiger partial charge in [0, 0.05) is 6.61 Å². The molecule has 0 heterocycles. The van der Waals surface area contributed by atoms with Crippen molar-refractivity contribution in [2.24, 2.45) is 0 Å². The van der Waals surface area contributed by atoms with E-state index in [1.807, 2.05) is 0 Å². The van der Waals surface area contributed by atoms with E-state index in [1.54, 1.807) is 0 Å². The van der Waals surface area contributed by atoms with Gasteiger partial charge in [0.05, 0.1) is 6.61 Å². The number of carbonyl (C=O) groups is 1. The number of ether oxygens (including phenoxy) is 1. The highest BCUT2D eigenvalue weighted by Gasteiger charge is 2.08. The van der Waals surface area contributed by atoms with Gasteiger partial charge in [-0.05, 0) is 26.2 Å². The zero-order valence-electron chi connectivity index (χ0n) is 8.03. The molecule has 13 heavy (non-hydrogen) atoms. The van der Waals surface area contributed by atoms with Gasteiger partial charge < -0.3 is 14.9 Å². The highest BCUT2D eigenvalue weighted by atomic mass is 16.5. The van der Waals surface area contributed by atoms with Crippen LogP contribution in [-0.4, -0.2) is 35.5 Å². The Labute approximate surface area is 78.5 Å². The van der Waals surface area contributed by atoms with Gasteiger partial charge in [-0.1, -0.05) is 6.42 Å². The molecule has 0 aliphatic heterocycles. The summed E-state index contributed by atoms with van der Waals surface area (Å²) in [5, 5.41) is 17.2. The van der Waals surface area contributed by atoms with Crippen molar-refractivity contribution in [3.05, 3.63) is 0 Å². The quantitative estimate of drug-likeness (QED) is 0.452. The van der Waals surface area contributed by atoms with Crippen LogP contribution in [0, 0.1) is 0 Å². The largest absolute Gasteiger partial charge is 0.464 e. The average Bonchev–Trinajstić information content (AvgIpc) is 2.10. The maximum absolute atomic E-state index is 10.7. The SMILES string of the molecule is CC(O)C(=O)OCCCCCCO. The number of rotatable bonds is 7. The van der Waals surface area contributed by atoms with Crippen molar-refractivity contribution < 1.29 is 19.7 Å². The molecule has 0 aliphatic rings. The fourth-order valence-electron chi connectivity index (χ4n) is 0.861. The van der Waals surface area contributed by atoms with Gasteiger partial charge in [-0.15, -0.1) is 0 Å². The predicted molar refractivity (Wildman–Crippen MR) is 48.2 cm³/mol. The van der Waals surface area contributed by atoms with Crippen LogP contribution < -0.4 is 0 Å². The number of aliphatic hydroxyl groups excluding tert-OH is 2. The topological polar surface area (TPSA) is 66.8 Å². The van der Waals surface area contributed by atoms with Gasteiger partial charge in [0.15, 0.2) is 0 Å². The van der Waals surface area contributed by atoms with Crippen molar-refractivity contribution in [1.29, 1.82) is 0 Å². The summed E-state index contributed by atoms with van der Waals surface area (Å²) in [7, 11) is 0. The number of carbonyl (C=O) groups excluding carboxylic acids is 1. The Balaban J connectivity index is 3.12. The van der Waals surface area contributed by atoms with Crippen molar-refractivity contribution in [3.8, 4) is 0 Å². The summed E-state index contributed by atoms with van der Waals surface area (Å²) in [6.45, 7) is 1.96. The molecule has 0 aliphatic carbocycles. The standard InChI is InChI=1S/C9H18O4/c1-8(11)9(12)13-7-5-3-2-4-6-10/h8,10-11H,2-7H2,1H3. The molecular formula is C9H18O4. The zero-order valence-corrected chi connectivity index (χ0v) is 8.03. The first kappa shape index (κ1) is 12.4. The molecule has 78 valence electrons. The summed E-state index contributed by atoms with van der Waals surface area (Å²) < 4.78 is 4.73. The lowest BCUT2D eigenvalue weighted by Gasteiger charge is -2.05. The van der Waals surface area contributed by atoms with Gasteiger partial charge >= 0.3 is 5.97 Å². The molecule has 0 fully saturated rings. The third-order valence-corrected chi connectivity index (χ3v) is 1.64. The normalized spacial score (nSPS) is 12.5. The van der Waals surface area contributed by atoms with Crippen LogP contribution in [0.15, 0.2) is 0 Å². The molecular weight excluding hydrogens is 172 g/mol. The second-order valence-electron chi connectivity index (χ2n) is 2.98. The molecule has 0 rings (SSSR count). The van der Waals surface area contributed by atoms with Crippen LogP contribution in [-0.2, 0) is 9.53 Å². The van der Waals surface area contributed by atoms with E-state index < -0.39 is 12.1 Å². The third-order valence-electron chi connectivity index (χ3n) is 1.64. The van der Waals surface area contributed by atoms with Crippen molar-refractivity contribution in [2.45, 2.75) is 38.7 Å². The summed E-state index contributed by atoms with van der Waals surface area (Å²) in [5.41, 5.74) is 0. The summed E-state index contributed by atoms with van der Waals surface area (Å²) in [6, 6.07) is 0. The van der Waals surface area contributed by atoms with Gasteiger partial charge in [0.2, 0.25) is 0 Å². The summed E-state index contributed by atoms with van der Waals surface area (Å²) in [6.07, 6.45) is 2.44. The first-order chi connectivity index (χ1) is 6.18. The van der Waals surface area contributed by atoms with Crippen LogP contribution in [0.5, 0.6) is 0 Å². The molecule has 0 aromatic heterocycles. The number of unbranched alkanes of at least 4 members (excludes halogenated alkanes) is 3. The molecule has 0 bridgehead atoms. The Hall–Kier alpha value is -0.610. The minimum Gasteiger partial charge on any atom is -0.464 e. The highest BCUT2D eigenvalue weighted by Crippen LogP contribution is 1.99. The lowest BCUT2D eigenvalue weighted by atomic mass is 10.2. The molecule has 0 saturated heterocycles. The number of aliphatic hydroxyl groups is 2. The number of esters is 1. The fraction of sp³-hybridized carbons (Fsp3) is 0.889. The molecule has 1 unspecified atom stereocenters. The zero-order chi connectivity index (χ0) is 10.1. The van der Waals surface area contributed by atoms with Crippen LogP contribution in [0.4, 0.5) is 0 Å². The van der Waals surface area contributed by atoms with E-state index in [9.17, 15) is 4.79 Å². The van der Waals surface area contributed by atoms with Gasteiger partial charge in [0.1, 0.15) is 6.10 Å². The second-order valence-corrected chi connectivity index (χ2v) is 2.98. The molecule has 2 N–H and O–H groups in total. The van der Waals surface area contributed by atoms with Crippen LogP contribution in [0.2, 0.25) is 0 Å². The molecule has 0 radical (unpaired) electrons. The molecule has 4 nitrogen and oxygen atoms in total. The van der Waals surface area contributed by atoms with Gasteiger partial charge in [0.25, 0.3) is 0 Å². The van der Waals surface area contributed by atoms with Crippen LogP contribution >= 0.6 is 0 Å². The first-order valence-electron chi connectivity index (χ1n) is 4.64. The maximum atomic E-state index is 10.7. The predicted octanol–water partition coefficient (Wildman–Crippen LogP) is 0.463. The second kappa shape index (κ2) is 8.01. The average molecular weight is 190 g/mol. The van der Waals surface area contributed by atoms with Crippen molar-refractivity contribution in [1.82, 2.24) is 0 Å². The van der Waals surface area contributed by atoms with E-state index in [1.165, 1.54) is 6.92 Å². The fourth-order valence-corrected chi connectivity index (χ4v) is 0.861. The monoisotopic (exact) mass is 190 g/mol. The van der Waals surface area contributed by atoms with E-state index in [0.717, 1.165) is 25.7 Å². The smallest absolute Gasteiger partial charge is 0.334 e. The van der Waals surface area contributed by atoms with Crippen LogP contribution in [0.25, 0.3) is 0 Å². The van der Waals surface area contributed by atoms with E-state index in [-0.39, 0.29) is 6.61 Å². The number of hydrogen-bond acceptors (Lipinski definition) is 4. The van der Waals surface area contributed by atoms with E-state index in [2.05, 4.69) is 0 Å². The third kappa shape index (κ3) is 7.74. The maximum Gasteiger partial charge on any atom is 0.334 e. The molecule has 0 saturated carbocycles. The lowest BCUT2D eigenvalue weighted by Crippen LogP contribution is -2.19. The minimum atomic E-state index is -1.03. The Morgan fingerprint density at radius 3 is 2.46 bits per heavy atom. The Morgan fingerprint density at radius 1 is 1.31 bits per heavy atom. The Morgan fingerprint density at radius 2 is 1.92 bits per heavy atom. The van der Waals surface area contributed by atoms with Crippen molar-refractivity contribution in [2.75, 3.05) is 13.2 Å². The number of hydrogen-bond donors (Lipinski definition) is 2. The summed E-state index contributed by atoms with van der Waals surface area (Å²) in [4.78, 5) is 10.7. The Bertz CT molecular complexity index is 134. The highest BCUT2D eigenvalue weighted by molar-refractivity contribution is 5.73. The molecule has 1 atom stereocenters. The molecule has 0 amide bonds. The van der Waals surface area contributed by atoms with E-state index in [0.29, 0.717) is 6.61 Å². The molecule has 0 aromatic rings. The van der Waals surface area contributed by atoms with Crippen molar-refractivity contribution in [3.63, 3.8) is 0 Å². The summed E-state index contributed by atoms with van der Waals surface area (Å²) >= 11 is 0. The molecule has 0 spiro atoms. The van der Waals surface area contributed by atoms with Gasteiger partial charge in [-0.3, -0.25) is 0 Å².